The van der Waals surface area contributed by atoms with Gasteiger partial charge in [0, 0.05) is 18.0 Å². The van der Waals surface area contributed by atoms with E-state index in [-0.39, 0.29) is 12.2 Å². The molecule has 1 aromatic carbocycles. The molecule has 1 atom stereocenters. The zero-order valence-electron chi connectivity index (χ0n) is 8.32. The number of carbonyl (C=O) groups is 1. The van der Waals surface area contributed by atoms with Gasteiger partial charge in [-0.3, -0.25) is 4.79 Å². The Bertz CT molecular complexity index is 341. The highest BCUT2D eigenvalue weighted by atomic mass is 19.1. The first-order chi connectivity index (χ1) is 7.11. The lowest BCUT2D eigenvalue weighted by molar-refractivity contribution is -0.137. The third-order valence-electron chi connectivity index (χ3n) is 2.21. The molecule has 15 heavy (non-hydrogen) atoms. The molecule has 0 fully saturated rings. The van der Waals surface area contributed by atoms with E-state index in [1.54, 1.807) is 18.2 Å². The summed E-state index contributed by atoms with van der Waals surface area (Å²) in [4.78, 5) is 10.3. The summed E-state index contributed by atoms with van der Waals surface area (Å²) >= 11 is 0. The topological polar surface area (TPSA) is 63.3 Å². The van der Waals surface area contributed by atoms with E-state index in [2.05, 4.69) is 0 Å². The lowest BCUT2D eigenvalue weighted by Gasteiger charge is -2.11. The van der Waals surface area contributed by atoms with Crippen LogP contribution in [0.3, 0.4) is 0 Å². The second-order valence-corrected chi connectivity index (χ2v) is 3.41. The zero-order chi connectivity index (χ0) is 11.3. The van der Waals surface area contributed by atoms with Gasteiger partial charge in [0.05, 0.1) is 0 Å². The SMILES string of the molecule is NC(CCCC(=O)O)c1ccccc1F. The lowest BCUT2D eigenvalue weighted by atomic mass is 10.0. The van der Waals surface area contributed by atoms with Gasteiger partial charge < -0.3 is 10.8 Å². The molecular weight excluding hydrogens is 197 g/mol. The minimum Gasteiger partial charge on any atom is -0.481 e. The Labute approximate surface area is 87.7 Å². The Kier molecular flexibility index (Phi) is 4.24. The molecule has 0 bridgehead atoms. The summed E-state index contributed by atoms with van der Waals surface area (Å²) in [7, 11) is 0. The van der Waals surface area contributed by atoms with Gasteiger partial charge in [0.25, 0.3) is 0 Å². The van der Waals surface area contributed by atoms with Crippen molar-refractivity contribution in [2.24, 2.45) is 5.73 Å². The normalized spacial score (nSPS) is 12.4. The highest BCUT2D eigenvalue weighted by Gasteiger charge is 2.10. The fraction of sp³-hybridized carbons (Fsp3) is 0.364. The third-order valence-corrected chi connectivity index (χ3v) is 2.21. The van der Waals surface area contributed by atoms with Gasteiger partial charge in [-0.1, -0.05) is 18.2 Å². The molecule has 3 nitrogen and oxygen atoms in total. The number of halogens is 1. The fourth-order valence-corrected chi connectivity index (χ4v) is 1.40. The summed E-state index contributed by atoms with van der Waals surface area (Å²) in [5.41, 5.74) is 6.20. The summed E-state index contributed by atoms with van der Waals surface area (Å²) in [6.07, 6.45) is 1.01. The van der Waals surface area contributed by atoms with Gasteiger partial charge >= 0.3 is 5.97 Å². The van der Waals surface area contributed by atoms with E-state index in [0.29, 0.717) is 18.4 Å². The molecule has 0 amide bonds. The number of hydrogen-bond donors (Lipinski definition) is 2. The van der Waals surface area contributed by atoms with Gasteiger partial charge in [0.15, 0.2) is 0 Å². The van der Waals surface area contributed by atoms with E-state index in [4.69, 9.17) is 10.8 Å². The van der Waals surface area contributed by atoms with E-state index in [0.717, 1.165) is 0 Å². The van der Waals surface area contributed by atoms with Crippen LogP contribution in [0.5, 0.6) is 0 Å². The number of carboxylic acid groups (broad SMARTS) is 1. The average molecular weight is 211 g/mol. The smallest absolute Gasteiger partial charge is 0.303 e. The molecule has 1 aromatic rings. The maximum Gasteiger partial charge on any atom is 0.303 e. The number of carboxylic acids is 1. The quantitative estimate of drug-likeness (QED) is 0.783. The van der Waals surface area contributed by atoms with Crippen molar-refractivity contribution in [1.82, 2.24) is 0 Å². The number of rotatable bonds is 5. The van der Waals surface area contributed by atoms with Gasteiger partial charge in [0.2, 0.25) is 0 Å². The van der Waals surface area contributed by atoms with Gasteiger partial charge in [-0.2, -0.15) is 0 Å². The molecule has 0 aliphatic heterocycles. The van der Waals surface area contributed by atoms with Crippen LogP contribution in [0.1, 0.15) is 30.9 Å². The number of hydrogen-bond acceptors (Lipinski definition) is 2. The minimum absolute atomic E-state index is 0.0716. The summed E-state index contributed by atoms with van der Waals surface area (Å²) in [5, 5.41) is 8.44. The predicted molar refractivity (Wildman–Crippen MR) is 54.8 cm³/mol. The summed E-state index contributed by atoms with van der Waals surface area (Å²) in [6.45, 7) is 0. The van der Waals surface area contributed by atoms with E-state index in [9.17, 15) is 9.18 Å². The minimum atomic E-state index is -0.851. The zero-order valence-corrected chi connectivity index (χ0v) is 8.32. The van der Waals surface area contributed by atoms with Gasteiger partial charge in [-0.25, -0.2) is 4.39 Å². The van der Waals surface area contributed by atoms with Crippen molar-refractivity contribution in [2.45, 2.75) is 25.3 Å². The number of benzene rings is 1. The van der Waals surface area contributed by atoms with Crippen molar-refractivity contribution in [1.29, 1.82) is 0 Å². The molecule has 0 aliphatic rings. The maximum absolute atomic E-state index is 13.2. The van der Waals surface area contributed by atoms with E-state index < -0.39 is 12.0 Å². The van der Waals surface area contributed by atoms with Gasteiger partial charge in [-0.05, 0) is 18.9 Å². The molecule has 4 heteroatoms. The van der Waals surface area contributed by atoms with Crippen LogP contribution < -0.4 is 5.73 Å². The first-order valence-electron chi connectivity index (χ1n) is 4.83. The largest absolute Gasteiger partial charge is 0.481 e. The van der Waals surface area contributed by atoms with Crippen LogP contribution in [-0.4, -0.2) is 11.1 Å². The Morgan fingerprint density at radius 3 is 2.73 bits per heavy atom. The lowest BCUT2D eigenvalue weighted by Crippen LogP contribution is -2.12. The first-order valence-corrected chi connectivity index (χ1v) is 4.83. The molecule has 1 rings (SSSR count). The first kappa shape index (κ1) is 11.7. The van der Waals surface area contributed by atoms with E-state index in [1.165, 1.54) is 6.07 Å². The monoisotopic (exact) mass is 211 g/mol. The van der Waals surface area contributed by atoms with Crippen molar-refractivity contribution in [3.63, 3.8) is 0 Å². The molecular formula is C11H14FNO2. The van der Waals surface area contributed by atoms with Crippen LogP contribution >= 0.6 is 0 Å². The van der Waals surface area contributed by atoms with E-state index in [1.807, 2.05) is 0 Å². The second kappa shape index (κ2) is 5.46. The molecule has 82 valence electrons. The van der Waals surface area contributed by atoms with Crippen molar-refractivity contribution in [3.05, 3.63) is 35.6 Å². The molecule has 0 aliphatic carbocycles. The van der Waals surface area contributed by atoms with Crippen LogP contribution in [0, 0.1) is 5.82 Å². The highest BCUT2D eigenvalue weighted by Crippen LogP contribution is 2.19. The van der Waals surface area contributed by atoms with Crippen molar-refractivity contribution < 1.29 is 14.3 Å². The summed E-state index contributed by atoms with van der Waals surface area (Å²) in [6, 6.07) is 5.87. The van der Waals surface area contributed by atoms with Crippen LogP contribution in [-0.2, 0) is 4.79 Å². The molecule has 3 N–H and O–H groups in total. The Morgan fingerprint density at radius 2 is 2.13 bits per heavy atom. The van der Waals surface area contributed by atoms with Gasteiger partial charge in [0.1, 0.15) is 5.82 Å². The van der Waals surface area contributed by atoms with Crippen LogP contribution in [0.4, 0.5) is 4.39 Å². The number of nitrogens with two attached hydrogens (primary N) is 1. The van der Waals surface area contributed by atoms with Crippen molar-refractivity contribution >= 4 is 5.97 Å². The van der Waals surface area contributed by atoms with Crippen LogP contribution in [0.25, 0.3) is 0 Å². The molecule has 1 unspecified atom stereocenters. The average Bonchev–Trinajstić information content (AvgIpc) is 2.17. The summed E-state index contributed by atoms with van der Waals surface area (Å²) < 4.78 is 13.2. The predicted octanol–water partition coefficient (Wildman–Crippen LogP) is 2.08. The molecule has 0 saturated carbocycles. The van der Waals surface area contributed by atoms with Crippen LogP contribution in [0.2, 0.25) is 0 Å². The Balaban J connectivity index is 2.50. The van der Waals surface area contributed by atoms with Crippen molar-refractivity contribution in [2.75, 3.05) is 0 Å². The summed E-state index contributed by atoms with van der Waals surface area (Å²) in [5.74, 6) is -1.18. The molecule has 0 heterocycles. The van der Waals surface area contributed by atoms with Gasteiger partial charge in [-0.15, -0.1) is 0 Å². The maximum atomic E-state index is 13.2. The Hall–Kier alpha value is -1.42. The molecule has 0 radical (unpaired) electrons. The highest BCUT2D eigenvalue weighted by molar-refractivity contribution is 5.66. The molecule has 0 saturated heterocycles. The van der Waals surface area contributed by atoms with E-state index >= 15 is 0 Å². The molecule has 0 aromatic heterocycles. The van der Waals surface area contributed by atoms with Crippen LogP contribution in [0.15, 0.2) is 24.3 Å². The third kappa shape index (κ3) is 3.67. The standard InChI is InChI=1S/C11H14FNO2/c12-9-5-2-1-4-8(9)10(13)6-3-7-11(14)15/h1-2,4-5,10H,3,6-7,13H2,(H,14,15). The van der Waals surface area contributed by atoms with Crippen molar-refractivity contribution in [3.8, 4) is 0 Å². The molecule has 0 spiro atoms. The number of aliphatic carboxylic acids is 1. The second-order valence-electron chi connectivity index (χ2n) is 3.41. The fourth-order valence-electron chi connectivity index (χ4n) is 1.40. The Morgan fingerprint density at radius 1 is 1.47 bits per heavy atom.